The van der Waals surface area contributed by atoms with Crippen LogP contribution in [0.15, 0.2) is 35.6 Å². The number of allylic oxidation sites excluding steroid dienone is 2. The Morgan fingerprint density at radius 2 is 1.94 bits per heavy atom. The van der Waals surface area contributed by atoms with Crippen LogP contribution in [0.5, 0.6) is 0 Å². The van der Waals surface area contributed by atoms with Gasteiger partial charge in [-0.25, -0.2) is 0 Å². The van der Waals surface area contributed by atoms with Crippen LogP contribution in [0.3, 0.4) is 0 Å². The zero-order valence-electron chi connectivity index (χ0n) is 8.85. The van der Waals surface area contributed by atoms with Gasteiger partial charge >= 0.3 is 0 Å². The lowest BCUT2D eigenvalue weighted by molar-refractivity contribution is -0.136. The van der Waals surface area contributed by atoms with Crippen molar-refractivity contribution in [1.82, 2.24) is 4.90 Å². The number of imide groups is 1. The maximum atomic E-state index is 11.3. The second-order valence-electron chi connectivity index (χ2n) is 3.92. The molecule has 84 valence electrons. The number of aliphatic hydroxyl groups is 1. The van der Waals surface area contributed by atoms with Crippen LogP contribution in [0.2, 0.25) is 0 Å². The Balaban J connectivity index is 2.07. The van der Waals surface area contributed by atoms with E-state index in [2.05, 4.69) is 0 Å². The molecule has 0 spiro atoms. The highest BCUT2D eigenvalue weighted by Gasteiger charge is 2.24. The Morgan fingerprint density at radius 3 is 2.62 bits per heavy atom. The summed E-state index contributed by atoms with van der Waals surface area (Å²) in [6.07, 6.45) is 8.50. The van der Waals surface area contributed by atoms with E-state index in [4.69, 9.17) is 0 Å². The van der Waals surface area contributed by atoms with E-state index >= 15 is 0 Å². The van der Waals surface area contributed by atoms with Crippen LogP contribution in [0.4, 0.5) is 0 Å². The van der Waals surface area contributed by atoms with Crippen molar-refractivity contribution in [3.8, 4) is 0 Å². The fraction of sp³-hybridized carbons (Fsp3) is 0.333. The van der Waals surface area contributed by atoms with E-state index in [-0.39, 0.29) is 24.1 Å². The van der Waals surface area contributed by atoms with Crippen molar-refractivity contribution < 1.29 is 14.7 Å². The van der Waals surface area contributed by atoms with Gasteiger partial charge in [0.15, 0.2) is 0 Å². The topological polar surface area (TPSA) is 57.6 Å². The number of aliphatic hydroxyl groups excluding tert-OH is 1. The van der Waals surface area contributed by atoms with E-state index in [9.17, 15) is 14.7 Å². The fourth-order valence-corrected chi connectivity index (χ4v) is 1.83. The molecule has 0 saturated carbocycles. The SMILES string of the molecule is O=C1C=CC(=O)N1CC1=CC(O)=CCCC1. The summed E-state index contributed by atoms with van der Waals surface area (Å²) in [6, 6.07) is 0. The second-order valence-corrected chi connectivity index (χ2v) is 3.92. The van der Waals surface area contributed by atoms with Crippen molar-refractivity contribution in [2.75, 3.05) is 6.54 Å². The molecule has 0 aromatic rings. The van der Waals surface area contributed by atoms with Crippen LogP contribution < -0.4 is 0 Å². The minimum atomic E-state index is -0.279. The lowest BCUT2D eigenvalue weighted by Crippen LogP contribution is -2.31. The third-order valence-electron chi connectivity index (χ3n) is 2.67. The minimum absolute atomic E-state index is 0.222. The molecule has 0 aromatic heterocycles. The first-order chi connectivity index (χ1) is 7.66. The molecule has 0 atom stereocenters. The van der Waals surface area contributed by atoms with Gasteiger partial charge in [-0.15, -0.1) is 0 Å². The Morgan fingerprint density at radius 1 is 1.25 bits per heavy atom. The Kier molecular flexibility index (Phi) is 2.90. The molecule has 1 heterocycles. The monoisotopic (exact) mass is 219 g/mol. The summed E-state index contributed by atoms with van der Waals surface area (Å²) in [6.45, 7) is 0.280. The van der Waals surface area contributed by atoms with Crippen molar-refractivity contribution in [3.63, 3.8) is 0 Å². The Bertz CT molecular complexity index is 400. The Labute approximate surface area is 93.6 Å². The smallest absolute Gasteiger partial charge is 0.253 e. The number of hydrogen-bond acceptors (Lipinski definition) is 3. The molecule has 1 N–H and O–H groups in total. The normalized spacial score (nSPS) is 20.9. The first-order valence-corrected chi connectivity index (χ1v) is 5.29. The number of nitrogens with zero attached hydrogens (tertiary/aromatic N) is 1. The zero-order valence-corrected chi connectivity index (χ0v) is 8.85. The zero-order chi connectivity index (χ0) is 11.5. The van der Waals surface area contributed by atoms with E-state index in [1.807, 2.05) is 0 Å². The Hall–Kier alpha value is -1.84. The van der Waals surface area contributed by atoms with E-state index in [0.717, 1.165) is 24.8 Å². The average Bonchev–Trinajstić information content (AvgIpc) is 2.47. The third kappa shape index (κ3) is 2.21. The molecule has 0 bridgehead atoms. The molecule has 2 aliphatic rings. The molecule has 0 unspecified atom stereocenters. The number of amides is 2. The molecule has 4 nitrogen and oxygen atoms in total. The number of hydrogen-bond donors (Lipinski definition) is 1. The van der Waals surface area contributed by atoms with Crippen LogP contribution in [0, 0.1) is 0 Å². The van der Waals surface area contributed by atoms with Crippen molar-refractivity contribution in [3.05, 3.63) is 35.6 Å². The molecule has 0 radical (unpaired) electrons. The summed E-state index contributed by atoms with van der Waals surface area (Å²) in [5.41, 5.74) is 0.914. The first kappa shape index (κ1) is 10.7. The highest BCUT2D eigenvalue weighted by Crippen LogP contribution is 2.18. The van der Waals surface area contributed by atoms with Gasteiger partial charge in [-0.2, -0.15) is 0 Å². The summed E-state index contributed by atoms with van der Waals surface area (Å²) >= 11 is 0. The van der Waals surface area contributed by atoms with Crippen LogP contribution in [0.25, 0.3) is 0 Å². The van der Waals surface area contributed by atoms with Gasteiger partial charge in [-0.3, -0.25) is 14.5 Å². The molecule has 2 rings (SSSR count). The van der Waals surface area contributed by atoms with Crippen LogP contribution in [0.1, 0.15) is 19.3 Å². The van der Waals surface area contributed by atoms with Crippen LogP contribution >= 0.6 is 0 Å². The predicted molar refractivity (Wildman–Crippen MR) is 58.5 cm³/mol. The molecule has 1 aliphatic carbocycles. The molecule has 2 amide bonds. The van der Waals surface area contributed by atoms with Crippen molar-refractivity contribution in [2.45, 2.75) is 19.3 Å². The van der Waals surface area contributed by atoms with E-state index < -0.39 is 0 Å². The van der Waals surface area contributed by atoms with E-state index in [1.165, 1.54) is 17.1 Å². The van der Waals surface area contributed by atoms with Gasteiger partial charge in [0.25, 0.3) is 11.8 Å². The van der Waals surface area contributed by atoms with Gasteiger partial charge in [-0.05, 0) is 37.0 Å². The lowest BCUT2D eigenvalue weighted by Gasteiger charge is -2.15. The summed E-state index contributed by atoms with van der Waals surface area (Å²) in [4.78, 5) is 23.9. The van der Waals surface area contributed by atoms with Gasteiger partial charge in [0.05, 0.1) is 6.54 Å². The van der Waals surface area contributed by atoms with Gasteiger partial charge in [0, 0.05) is 12.2 Å². The maximum absolute atomic E-state index is 11.3. The van der Waals surface area contributed by atoms with Crippen molar-refractivity contribution in [1.29, 1.82) is 0 Å². The van der Waals surface area contributed by atoms with Crippen LogP contribution in [-0.4, -0.2) is 28.4 Å². The fourth-order valence-electron chi connectivity index (χ4n) is 1.83. The molecule has 0 saturated heterocycles. The van der Waals surface area contributed by atoms with Crippen molar-refractivity contribution in [2.24, 2.45) is 0 Å². The molecule has 16 heavy (non-hydrogen) atoms. The average molecular weight is 219 g/mol. The van der Waals surface area contributed by atoms with E-state index in [1.54, 1.807) is 12.2 Å². The summed E-state index contributed by atoms with van der Waals surface area (Å²) < 4.78 is 0. The molecular formula is C12H13NO3. The van der Waals surface area contributed by atoms with Gasteiger partial charge < -0.3 is 5.11 Å². The quantitative estimate of drug-likeness (QED) is 0.715. The maximum Gasteiger partial charge on any atom is 0.253 e. The number of carbonyl (C=O) groups excluding carboxylic acids is 2. The molecule has 1 aliphatic heterocycles. The summed E-state index contributed by atoms with van der Waals surface area (Å²) in [7, 11) is 0. The van der Waals surface area contributed by atoms with Gasteiger partial charge in [-0.1, -0.05) is 0 Å². The second kappa shape index (κ2) is 4.35. The summed E-state index contributed by atoms with van der Waals surface area (Å²) in [5.74, 6) is -0.336. The van der Waals surface area contributed by atoms with Gasteiger partial charge in [0.2, 0.25) is 0 Å². The van der Waals surface area contributed by atoms with Gasteiger partial charge in [0.1, 0.15) is 5.76 Å². The molecule has 4 heteroatoms. The highest BCUT2D eigenvalue weighted by molar-refractivity contribution is 6.13. The number of rotatable bonds is 2. The van der Waals surface area contributed by atoms with E-state index in [0.29, 0.717) is 0 Å². The number of carbonyl (C=O) groups is 2. The first-order valence-electron chi connectivity index (χ1n) is 5.29. The highest BCUT2D eigenvalue weighted by atomic mass is 16.3. The lowest BCUT2D eigenvalue weighted by atomic mass is 10.1. The summed E-state index contributed by atoms with van der Waals surface area (Å²) in [5, 5.41) is 9.45. The largest absolute Gasteiger partial charge is 0.508 e. The third-order valence-corrected chi connectivity index (χ3v) is 2.67. The molecule has 0 fully saturated rings. The van der Waals surface area contributed by atoms with Crippen molar-refractivity contribution >= 4 is 11.8 Å². The molecule has 0 aromatic carbocycles. The standard InChI is InChI=1S/C12H13NO3/c14-10-4-2-1-3-9(7-10)8-13-11(15)5-6-12(13)16/h4-7,14H,1-3,8H2. The molecular weight excluding hydrogens is 206 g/mol. The van der Waals surface area contributed by atoms with Crippen LogP contribution in [-0.2, 0) is 9.59 Å². The predicted octanol–water partition coefficient (Wildman–Crippen LogP) is 1.46. The minimum Gasteiger partial charge on any atom is -0.508 e.